The Balaban J connectivity index is 1.48. The molecule has 3 rings (SSSR count). The number of alkyl halides is 3. The minimum atomic E-state index is -4.34. The van der Waals surface area contributed by atoms with Crippen LogP contribution in [0.15, 0.2) is 53.7 Å². The van der Waals surface area contributed by atoms with Crippen LogP contribution in [-0.2, 0) is 17.4 Å². The lowest BCUT2D eigenvalue weighted by atomic mass is 9.96. The van der Waals surface area contributed by atoms with E-state index in [9.17, 15) is 22.9 Å². The minimum absolute atomic E-state index is 0.101. The Morgan fingerprint density at radius 1 is 1.09 bits per heavy atom. The summed E-state index contributed by atoms with van der Waals surface area (Å²) in [5.74, 6) is -0.576. The van der Waals surface area contributed by atoms with Crippen molar-refractivity contribution >= 4 is 11.7 Å². The van der Waals surface area contributed by atoms with Gasteiger partial charge >= 0.3 is 12.1 Å². The van der Waals surface area contributed by atoms with E-state index in [1.54, 1.807) is 6.07 Å². The number of rotatable bonds is 10. The summed E-state index contributed by atoms with van der Waals surface area (Å²) in [6.45, 7) is 5.98. The van der Waals surface area contributed by atoms with Crippen LogP contribution in [0.2, 0.25) is 0 Å². The Morgan fingerprint density at radius 3 is 2.35 bits per heavy atom. The predicted molar refractivity (Wildman–Crippen MR) is 125 cm³/mol. The van der Waals surface area contributed by atoms with E-state index in [2.05, 4.69) is 17.0 Å². The number of carbonyl (C=O) groups is 1. The van der Waals surface area contributed by atoms with Gasteiger partial charge in [0.1, 0.15) is 6.04 Å². The van der Waals surface area contributed by atoms with E-state index in [1.807, 2.05) is 29.2 Å². The van der Waals surface area contributed by atoms with Crippen LogP contribution in [0, 0.1) is 10.8 Å². The fourth-order valence-corrected chi connectivity index (χ4v) is 4.39. The van der Waals surface area contributed by atoms with Crippen molar-refractivity contribution in [2.75, 3.05) is 37.6 Å². The predicted octanol–water partition coefficient (Wildman–Crippen LogP) is 5.38. The fraction of sp³-hybridized carbons (Fsp3) is 0.480. The molecule has 9 heteroatoms. The summed E-state index contributed by atoms with van der Waals surface area (Å²) in [6.07, 6.45) is -3.41. The maximum atomic E-state index is 13.0. The van der Waals surface area contributed by atoms with Crippen molar-refractivity contribution in [2.24, 2.45) is 11.1 Å². The average Bonchev–Trinajstić information content (AvgIpc) is 2.80. The Hall–Kier alpha value is -2.94. The van der Waals surface area contributed by atoms with Gasteiger partial charge in [0.25, 0.3) is 0 Å². The van der Waals surface area contributed by atoms with Crippen molar-refractivity contribution in [3.8, 4) is 0 Å². The standard InChI is InChI=1S/C25H30F3N3O3/c1-18(15-19-5-7-20(8-6-19)23(29-34)9-10-24(32)33)17-30-11-13-31(14-12-30)22-4-2-3-21(16-22)25(26,27)28/h2-8,16,18,23H,9-15,17H2,1H3,(H,32,33). The highest BCUT2D eigenvalue weighted by Gasteiger charge is 2.31. The molecule has 0 saturated carbocycles. The molecule has 0 amide bonds. The topological polar surface area (TPSA) is 73.2 Å². The van der Waals surface area contributed by atoms with Gasteiger partial charge in [0.2, 0.25) is 0 Å². The molecule has 1 N–H and O–H groups in total. The molecule has 2 aromatic carbocycles. The summed E-state index contributed by atoms with van der Waals surface area (Å²) in [5, 5.41) is 11.9. The zero-order chi connectivity index (χ0) is 24.7. The largest absolute Gasteiger partial charge is 0.481 e. The number of anilines is 1. The van der Waals surface area contributed by atoms with E-state index < -0.39 is 23.8 Å². The molecule has 0 spiro atoms. The zero-order valence-corrected chi connectivity index (χ0v) is 19.2. The normalized spacial score (nSPS) is 16.8. The third-order valence-corrected chi connectivity index (χ3v) is 6.19. The molecule has 2 unspecified atom stereocenters. The smallest absolute Gasteiger partial charge is 0.416 e. The molecule has 2 atom stereocenters. The number of nitrogens with zero attached hydrogens (tertiary/aromatic N) is 3. The van der Waals surface area contributed by atoms with Crippen molar-refractivity contribution in [3.63, 3.8) is 0 Å². The highest BCUT2D eigenvalue weighted by atomic mass is 19.4. The van der Waals surface area contributed by atoms with Crippen LogP contribution in [0.5, 0.6) is 0 Å². The molecule has 34 heavy (non-hydrogen) atoms. The maximum Gasteiger partial charge on any atom is 0.416 e. The van der Waals surface area contributed by atoms with Crippen molar-refractivity contribution in [2.45, 2.75) is 38.4 Å². The van der Waals surface area contributed by atoms with Gasteiger partial charge in [0, 0.05) is 44.8 Å². The van der Waals surface area contributed by atoms with Crippen LogP contribution in [0.25, 0.3) is 0 Å². The SMILES string of the molecule is CC(Cc1ccc(C(CCC(=O)O)N=O)cc1)CN1CCN(c2cccc(C(F)(F)F)c2)CC1. The highest BCUT2D eigenvalue weighted by Crippen LogP contribution is 2.32. The number of carboxylic acid groups (broad SMARTS) is 1. The van der Waals surface area contributed by atoms with Crippen LogP contribution in [-0.4, -0.2) is 48.7 Å². The Kier molecular flexibility index (Phi) is 8.66. The molecule has 1 aliphatic heterocycles. The van der Waals surface area contributed by atoms with Gasteiger partial charge in [-0.2, -0.15) is 18.1 Å². The van der Waals surface area contributed by atoms with Gasteiger partial charge in [0.15, 0.2) is 0 Å². The Bertz CT molecular complexity index is 958. The molecule has 0 aromatic heterocycles. The minimum Gasteiger partial charge on any atom is -0.481 e. The molecule has 1 fully saturated rings. The quantitative estimate of drug-likeness (QED) is 0.465. The maximum absolute atomic E-state index is 13.0. The Morgan fingerprint density at radius 2 is 1.76 bits per heavy atom. The van der Waals surface area contributed by atoms with Crippen LogP contribution >= 0.6 is 0 Å². The molecule has 1 aliphatic rings. The summed E-state index contributed by atoms with van der Waals surface area (Å²) in [6, 6.07) is 12.4. The van der Waals surface area contributed by atoms with E-state index in [0.717, 1.165) is 43.2 Å². The van der Waals surface area contributed by atoms with E-state index in [0.29, 0.717) is 24.7 Å². The first-order valence-electron chi connectivity index (χ1n) is 11.4. The van der Waals surface area contributed by atoms with E-state index in [4.69, 9.17) is 5.11 Å². The summed E-state index contributed by atoms with van der Waals surface area (Å²) in [5.41, 5.74) is 1.83. The van der Waals surface area contributed by atoms with Crippen molar-refractivity contribution in [3.05, 3.63) is 70.1 Å². The van der Waals surface area contributed by atoms with Crippen LogP contribution in [0.4, 0.5) is 18.9 Å². The molecule has 0 bridgehead atoms. The van der Waals surface area contributed by atoms with E-state index >= 15 is 0 Å². The second-order valence-electron chi connectivity index (χ2n) is 8.94. The van der Waals surface area contributed by atoms with Gasteiger partial charge in [-0.1, -0.05) is 42.4 Å². The number of piperazine rings is 1. The van der Waals surface area contributed by atoms with Crippen molar-refractivity contribution in [1.82, 2.24) is 4.90 Å². The summed E-state index contributed by atoms with van der Waals surface area (Å²) in [7, 11) is 0. The van der Waals surface area contributed by atoms with Crippen LogP contribution < -0.4 is 4.90 Å². The van der Waals surface area contributed by atoms with E-state index in [1.165, 1.54) is 12.1 Å². The number of hydrogen-bond acceptors (Lipinski definition) is 5. The van der Waals surface area contributed by atoms with Crippen LogP contribution in [0.1, 0.15) is 42.5 Å². The number of carboxylic acids is 1. The molecule has 6 nitrogen and oxygen atoms in total. The third-order valence-electron chi connectivity index (χ3n) is 6.19. The first kappa shape index (κ1) is 25.7. The van der Waals surface area contributed by atoms with Gasteiger partial charge in [-0.25, -0.2) is 0 Å². The number of halogens is 3. The fourth-order valence-electron chi connectivity index (χ4n) is 4.39. The monoisotopic (exact) mass is 477 g/mol. The lowest BCUT2D eigenvalue weighted by Crippen LogP contribution is -2.47. The third kappa shape index (κ3) is 7.28. The molecule has 0 aliphatic carbocycles. The van der Waals surface area contributed by atoms with Gasteiger partial charge in [-0.3, -0.25) is 9.69 Å². The summed E-state index contributed by atoms with van der Waals surface area (Å²) in [4.78, 5) is 26.1. The lowest BCUT2D eigenvalue weighted by Gasteiger charge is -2.37. The number of aliphatic carboxylic acids is 1. The average molecular weight is 478 g/mol. The molecular weight excluding hydrogens is 447 g/mol. The summed E-state index contributed by atoms with van der Waals surface area (Å²) >= 11 is 0. The molecule has 2 aromatic rings. The van der Waals surface area contributed by atoms with Gasteiger partial charge in [-0.05, 0) is 48.1 Å². The summed E-state index contributed by atoms with van der Waals surface area (Å²) < 4.78 is 39.0. The second-order valence-corrected chi connectivity index (χ2v) is 8.94. The second kappa shape index (κ2) is 11.5. The molecule has 1 saturated heterocycles. The van der Waals surface area contributed by atoms with Gasteiger partial charge < -0.3 is 10.0 Å². The zero-order valence-electron chi connectivity index (χ0n) is 19.2. The lowest BCUT2D eigenvalue weighted by molar-refractivity contribution is -0.138. The van der Waals surface area contributed by atoms with Gasteiger partial charge in [0.05, 0.1) is 5.56 Å². The van der Waals surface area contributed by atoms with Crippen molar-refractivity contribution < 1.29 is 23.1 Å². The highest BCUT2D eigenvalue weighted by molar-refractivity contribution is 5.66. The van der Waals surface area contributed by atoms with Crippen molar-refractivity contribution in [1.29, 1.82) is 0 Å². The van der Waals surface area contributed by atoms with Crippen LogP contribution in [0.3, 0.4) is 0 Å². The first-order valence-corrected chi connectivity index (χ1v) is 11.4. The molecule has 0 radical (unpaired) electrons. The molecule has 184 valence electrons. The first-order chi connectivity index (χ1) is 16.2. The number of nitroso groups, excluding NO2 is 1. The van der Waals surface area contributed by atoms with Gasteiger partial charge in [-0.15, -0.1) is 0 Å². The molecular formula is C25H30F3N3O3. The number of benzene rings is 2. The molecule has 1 heterocycles. The van der Waals surface area contributed by atoms with E-state index in [-0.39, 0.29) is 12.8 Å². The number of hydrogen-bond donors (Lipinski definition) is 1. The Labute approximate surface area is 197 Å².